The summed E-state index contributed by atoms with van der Waals surface area (Å²) < 4.78 is 6.22. The second kappa shape index (κ2) is 5.08. The quantitative estimate of drug-likeness (QED) is 0.914. The summed E-state index contributed by atoms with van der Waals surface area (Å²) >= 11 is 0. The fourth-order valence-electron chi connectivity index (χ4n) is 4.88. The third-order valence-electron chi connectivity index (χ3n) is 5.54. The first-order chi connectivity index (χ1) is 9.81. The molecular formula is C16H23N3O. The molecule has 0 unspecified atom stereocenters. The van der Waals surface area contributed by atoms with E-state index in [2.05, 4.69) is 9.97 Å². The van der Waals surface area contributed by atoms with Gasteiger partial charge in [0.1, 0.15) is 6.61 Å². The third-order valence-corrected chi connectivity index (χ3v) is 5.54. The molecule has 4 saturated carbocycles. The topological polar surface area (TPSA) is 61.0 Å². The highest BCUT2D eigenvalue weighted by Gasteiger charge is 2.48. The molecule has 4 bridgehead atoms. The van der Waals surface area contributed by atoms with Crippen LogP contribution in [-0.4, -0.2) is 16.1 Å². The predicted molar refractivity (Wildman–Crippen MR) is 75.5 cm³/mol. The van der Waals surface area contributed by atoms with E-state index in [4.69, 9.17) is 10.5 Å². The van der Waals surface area contributed by atoms with Crippen LogP contribution in [-0.2, 0) is 17.9 Å². The number of nitrogens with zero attached hydrogens (tertiary/aromatic N) is 2. The number of ether oxygens (including phenoxy) is 1. The Labute approximate surface area is 120 Å². The van der Waals surface area contributed by atoms with Gasteiger partial charge >= 0.3 is 0 Å². The fraction of sp³-hybridized carbons (Fsp3) is 0.750. The predicted octanol–water partition coefficient (Wildman–Crippen LogP) is 2.28. The van der Waals surface area contributed by atoms with E-state index in [0.29, 0.717) is 19.3 Å². The lowest BCUT2D eigenvalue weighted by Crippen LogP contribution is -2.49. The molecule has 0 spiro atoms. The highest BCUT2D eigenvalue weighted by Crippen LogP contribution is 2.54. The third kappa shape index (κ3) is 2.25. The van der Waals surface area contributed by atoms with Gasteiger partial charge < -0.3 is 10.5 Å². The van der Waals surface area contributed by atoms with Crippen LogP contribution in [0.15, 0.2) is 12.4 Å². The first-order valence-corrected chi connectivity index (χ1v) is 7.93. The van der Waals surface area contributed by atoms with Crippen LogP contribution in [0.4, 0.5) is 0 Å². The van der Waals surface area contributed by atoms with Gasteiger partial charge in [-0.1, -0.05) is 0 Å². The lowest BCUT2D eigenvalue weighted by atomic mass is 9.55. The Morgan fingerprint density at radius 3 is 2.15 bits per heavy atom. The minimum Gasteiger partial charge on any atom is -0.370 e. The van der Waals surface area contributed by atoms with Crippen molar-refractivity contribution < 1.29 is 4.74 Å². The van der Waals surface area contributed by atoms with Crippen LogP contribution in [0.2, 0.25) is 0 Å². The zero-order valence-electron chi connectivity index (χ0n) is 11.9. The maximum atomic E-state index is 6.22. The van der Waals surface area contributed by atoms with Crippen molar-refractivity contribution >= 4 is 0 Å². The van der Waals surface area contributed by atoms with E-state index in [1.807, 2.05) is 12.4 Å². The minimum absolute atomic E-state index is 0.459. The van der Waals surface area contributed by atoms with Crippen molar-refractivity contribution in [1.29, 1.82) is 0 Å². The van der Waals surface area contributed by atoms with Gasteiger partial charge in [-0.3, -0.25) is 0 Å². The van der Waals surface area contributed by atoms with E-state index in [1.165, 1.54) is 32.1 Å². The van der Waals surface area contributed by atoms with Gasteiger partial charge in [0, 0.05) is 24.5 Å². The van der Waals surface area contributed by atoms with Gasteiger partial charge in [0.25, 0.3) is 0 Å². The molecule has 0 aliphatic heterocycles. The number of rotatable bonds is 4. The van der Waals surface area contributed by atoms with Crippen LogP contribution in [0, 0.1) is 23.7 Å². The molecule has 0 atom stereocenters. The second-order valence-electron chi connectivity index (χ2n) is 6.92. The van der Waals surface area contributed by atoms with Crippen molar-refractivity contribution in [2.45, 2.75) is 51.4 Å². The van der Waals surface area contributed by atoms with Crippen molar-refractivity contribution in [3.63, 3.8) is 0 Å². The lowest BCUT2D eigenvalue weighted by Gasteiger charge is -2.53. The van der Waals surface area contributed by atoms with Crippen LogP contribution >= 0.6 is 0 Å². The molecule has 4 fully saturated rings. The number of hydrogen-bond acceptors (Lipinski definition) is 4. The molecule has 4 aliphatic rings. The second-order valence-corrected chi connectivity index (χ2v) is 6.92. The monoisotopic (exact) mass is 273 g/mol. The molecule has 0 saturated heterocycles. The van der Waals surface area contributed by atoms with E-state index in [9.17, 15) is 0 Å². The SMILES string of the molecule is NCc1cnc(COC2C3CC4CC(C3)CC2C4)nc1. The Kier molecular flexibility index (Phi) is 3.23. The molecule has 4 aliphatic carbocycles. The zero-order chi connectivity index (χ0) is 13.5. The molecule has 108 valence electrons. The number of aromatic nitrogens is 2. The van der Waals surface area contributed by atoms with Crippen LogP contribution in [0.3, 0.4) is 0 Å². The molecule has 0 radical (unpaired) electrons. The Balaban J connectivity index is 1.39. The van der Waals surface area contributed by atoms with Crippen LogP contribution in [0.1, 0.15) is 43.5 Å². The number of nitrogens with two attached hydrogens (primary N) is 1. The molecule has 1 aromatic rings. The summed E-state index contributed by atoms with van der Waals surface area (Å²) in [5.41, 5.74) is 6.53. The molecule has 4 heteroatoms. The summed E-state index contributed by atoms with van der Waals surface area (Å²) in [6, 6.07) is 0. The van der Waals surface area contributed by atoms with E-state index >= 15 is 0 Å². The average molecular weight is 273 g/mol. The molecule has 1 heterocycles. The van der Waals surface area contributed by atoms with E-state index in [1.54, 1.807) is 0 Å². The molecule has 20 heavy (non-hydrogen) atoms. The molecular weight excluding hydrogens is 250 g/mol. The van der Waals surface area contributed by atoms with Gasteiger partial charge in [-0.2, -0.15) is 0 Å². The van der Waals surface area contributed by atoms with Gasteiger partial charge in [-0.05, 0) is 55.8 Å². The Bertz CT molecular complexity index is 445. The molecule has 1 aromatic heterocycles. The smallest absolute Gasteiger partial charge is 0.153 e. The summed E-state index contributed by atoms with van der Waals surface area (Å²) in [6.45, 7) is 1.05. The lowest BCUT2D eigenvalue weighted by molar-refractivity contribution is -0.133. The molecule has 2 N–H and O–H groups in total. The highest BCUT2D eigenvalue weighted by molar-refractivity contribution is 5.04. The standard InChI is InChI=1S/C16H23N3O/c17-6-12-7-18-15(19-8-12)9-20-16-13-2-10-1-11(4-13)5-14(16)3-10/h7-8,10-11,13-14,16H,1-6,9,17H2. The molecule has 4 nitrogen and oxygen atoms in total. The first kappa shape index (κ1) is 12.7. The van der Waals surface area contributed by atoms with Crippen molar-refractivity contribution in [3.8, 4) is 0 Å². The van der Waals surface area contributed by atoms with E-state index < -0.39 is 0 Å². The van der Waals surface area contributed by atoms with E-state index in [0.717, 1.165) is 35.1 Å². The van der Waals surface area contributed by atoms with Crippen LogP contribution < -0.4 is 5.73 Å². The Hall–Kier alpha value is -1.00. The first-order valence-electron chi connectivity index (χ1n) is 7.93. The zero-order valence-corrected chi connectivity index (χ0v) is 11.9. The molecule has 5 rings (SSSR count). The Morgan fingerprint density at radius 1 is 1.00 bits per heavy atom. The van der Waals surface area contributed by atoms with Crippen molar-refractivity contribution in [2.75, 3.05) is 0 Å². The van der Waals surface area contributed by atoms with Crippen LogP contribution in [0.5, 0.6) is 0 Å². The number of hydrogen-bond donors (Lipinski definition) is 1. The fourth-order valence-corrected chi connectivity index (χ4v) is 4.88. The van der Waals surface area contributed by atoms with Crippen molar-refractivity contribution in [1.82, 2.24) is 9.97 Å². The summed E-state index contributed by atoms with van der Waals surface area (Å²) in [7, 11) is 0. The van der Waals surface area contributed by atoms with Gasteiger partial charge in [0.2, 0.25) is 0 Å². The summed E-state index contributed by atoms with van der Waals surface area (Å²) in [4.78, 5) is 8.67. The molecule has 0 amide bonds. The maximum absolute atomic E-state index is 6.22. The maximum Gasteiger partial charge on any atom is 0.153 e. The van der Waals surface area contributed by atoms with Gasteiger partial charge in [-0.15, -0.1) is 0 Å². The molecule has 0 aromatic carbocycles. The van der Waals surface area contributed by atoms with Crippen molar-refractivity contribution in [2.24, 2.45) is 29.4 Å². The highest BCUT2D eigenvalue weighted by atomic mass is 16.5. The van der Waals surface area contributed by atoms with Crippen LogP contribution in [0.25, 0.3) is 0 Å². The Morgan fingerprint density at radius 2 is 1.60 bits per heavy atom. The van der Waals surface area contributed by atoms with Gasteiger partial charge in [0.05, 0.1) is 6.10 Å². The normalized spacial score (nSPS) is 38.4. The summed E-state index contributed by atoms with van der Waals surface area (Å²) in [5, 5.41) is 0. The van der Waals surface area contributed by atoms with Gasteiger partial charge in [-0.25, -0.2) is 9.97 Å². The summed E-state index contributed by atoms with van der Waals surface area (Å²) in [5.74, 6) is 4.38. The average Bonchev–Trinajstić information content (AvgIpc) is 2.46. The minimum atomic E-state index is 0.459. The van der Waals surface area contributed by atoms with Crippen molar-refractivity contribution in [3.05, 3.63) is 23.8 Å². The summed E-state index contributed by atoms with van der Waals surface area (Å²) in [6.07, 6.45) is 11.1. The van der Waals surface area contributed by atoms with E-state index in [-0.39, 0.29) is 0 Å². The van der Waals surface area contributed by atoms with Gasteiger partial charge in [0.15, 0.2) is 5.82 Å². The largest absolute Gasteiger partial charge is 0.370 e.